The van der Waals surface area contributed by atoms with E-state index in [2.05, 4.69) is 25.8 Å². The number of nitrogens with two attached hydrogens (primary N) is 1. The Morgan fingerprint density at radius 1 is 1.33 bits per heavy atom. The van der Waals surface area contributed by atoms with Gasteiger partial charge >= 0.3 is 0 Å². The molecule has 1 amide bonds. The first-order valence-corrected chi connectivity index (χ1v) is 5.80. The number of hydrogen-bond donors (Lipinski definition) is 1. The minimum absolute atomic E-state index is 0.257. The molecule has 0 aliphatic carbocycles. The number of rotatable bonds is 5. The second kappa shape index (κ2) is 5.47. The quantitative estimate of drug-likeness (QED) is 0.731. The van der Waals surface area contributed by atoms with Crippen molar-refractivity contribution in [3.63, 3.8) is 0 Å². The molecule has 0 radical (unpaired) electrons. The summed E-state index contributed by atoms with van der Waals surface area (Å²) in [6.45, 7) is 9.66. The van der Waals surface area contributed by atoms with Crippen LogP contribution in [0.3, 0.4) is 0 Å². The van der Waals surface area contributed by atoms with Gasteiger partial charge < -0.3 is 5.73 Å². The van der Waals surface area contributed by atoms with Gasteiger partial charge in [-0.1, -0.05) is 20.8 Å². The van der Waals surface area contributed by atoms with E-state index in [1.54, 1.807) is 0 Å². The van der Waals surface area contributed by atoms with Crippen molar-refractivity contribution in [3.8, 4) is 0 Å². The van der Waals surface area contributed by atoms with Crippen molar-refractivity contribution < 1.29 is 4.79 Å². The first kappa shape index (κ1) is 12.5. The first-order chi connectivity index (χ1) is 7.04. The van der Waals surface area contributed by atoms with Crippen molar-refractivity contribution in [3.05, 3.63) is 0 Å². The smallest absolute Gasteiger partial charge is 0.238 e. The summed E-state index contributed by atoms with van der Waals surface area (Å²) in [7, 11) is 0. The van der Waals surface area contributed by atoms with E-state index in [1.165, 1.54) is 0 Å². The highest BCUT2D eigenvalue weighted by Crippen LogP contribution is 2.15. The SMILES string of the molecule is CC(C)CN1C(=O)CCN1CC(C)CN. The molecule has 1 saturated heterocycles. The molecule has 15 heavy (non-hydrogen) atoms. The van der Waals surface area contributed by atoms with E-state index in [4.69, 9.17) is 5.73 Å². The van der Waals surface area contributed by atoms with Crippen LogP contribution < -0.4 is 5.73 Å². The maximum absolute atomic E-state index is 11.6. The summed E-state index contributed by atoms with van der Waals surface area (Å²) < 4.78 is 0. The van der Waals surface area contributed by atoms with Gasteiger partial charge in [0.15, 0.2) is 0 Å². The van der Waals surface area contributed by atoms with Crippen LogP contribution in [0.25, 0.3) is 0 Å². The predicted molar refractivity (Wildman–Crippen MR) is 61.0 cm³/mol. The highest BCUT2D eigenvalue weighted by Gasteiger charge is 2.29. The van der Waals surface area contributed by atoms with Crippen molar-refractivity contribution in [2.75, 3.05) is 26.2 Å². The zero-order chi connectivity index (χ0) is 11.4. The van der Waals surface area contributed by atoms with Gasteiger partial charge in [0.25, 0.3) is 0 Å². The van der Waals surface area contributed by atoms with Gasteiger partial charge in [0.05, 0.1) is 0 Å². The molecule has 1 heterocycles. The zero-order valence-electron chi connectivity index (χ0n) is 10.1. The number of hydrazine groups is 1. The van der Waals surface area contributed by atoms with Gasteiger partial charge in [-0.3, -0.25) is 9.80 Å². The first-order valence-electron chi connectivity index (χ1n) is 5.80. The average Bonchev–Trinajstić information content (AvgIpc) is 2.49. The lowest BCUT2D eigenvalue weighted by Crippen LogP contribution is -2.44. The van der Waals surface area contributed by atoms with Gasteiger partial charge in [0.1, 0.15) is 0 Å². The van der Waals surface area contributed by atoms with Crippen LogP contribution >= 0.6 is 0 Å². The number of carbonyl (C=O) groups is 1. The normalized spacial score (nSPS) is 20.3. The van der Waals surface area contributed by atoms with Gasteiger partial charge in [-0.25, -0.2) is 5.01 Å². The van der Waals surface area contributed by atoms with Crippen LogP contribution in [-0.2, 0) is 4.79 Å². The summed E-state index contributed by atoms with van der Waals surface area (Å²) >= 11 is 0. The summed E-state index contributed by atoms with van der Waals surface area (Å²) in [5.41, 5.74) is 5.60. The molecule has 1 aliphatic rings. The van der Waals surface area contributed by atoms with Crippen molar-refractivity contribution in [2.45, 2.75) is 27.2 Å². The molecular formula is C11H23N3O. The Labute approximate surface area is 92.4 Å². The Balaban J connectivity index is 2.51. The van der Waals surface area contributed by atoms with Crippen LogP contribution in [0.5, 0.6) is 0 Å². The monoisotopic (exact) mass is 213 g/mol. The summed E-state index contributed by atoms with van der Waals surface area (Å²) in [6.07, 6.45) is 0.657. The van der Waals surface area contributed by atoms with Crippen LogP contribution in [0.1, 0.15) is 27.2 Å². The van der Waals surface area contributed by atoms with Gasteiger partial charge in [-0.05, 0) is 18.4 Å². The lowest BCUT2D eigenvalue weighted by Gasteiger charge is -2.31. The van der Waals surface area contributed by atoms with E-state index in [-0.39, 0.29) is 5.91 Å². The van der Waals surface area contributed by atoms with E-state index >= 15 is 0 Å². The molecule has 0 aromatic heterocycles. The Bertz CT molecular complexity index is 218. The van der Waals surface area contributed by atoms with Crippen molar-refractivity contribution in [1.82, 2.24) is 10.0 Å². The van der Waals surface area contributed by atoms with Crippen LogP contribution in [0, 0.1) is 11.8 Å². The molecule has 0 aromatic rings. The van der Waals surface area contributed by atoms with Gasteiger partial charge in [0, 0.05) is 26.1 Å². The third kappa shape index (κ3) is 3.47. The third-order valence-electron chi connectivity index (χ3n) is 2.68. The topological polar surface area (TPSA) is 49.6 Å². The zero-order valence-corrected chi connectivity index (χ0v) is 10.1. The van der Waals surface area contributed by atoms with Crippen LogP contribution in [-0.4, -0.2) is 42.1 Å². The average molecular weight is 213 g/mol. The fourth-order valence-electron chi connectivity index (χ4n) is 1.82. The molecule has 0 spiro atoms. The molecule has 0 bridgehead atoms. The molecule has 1 rings (SSSR count). The van der Waals surface area contributed by atoms with Crippen LogP contribution in [0.4, 0.5) is 0 Å². The summed E-state index contributed by atoms with van der Waals surface area (Å²) in [5.74, 6) is 1.22. The van der Waals surface area contributed by atoms with Crippen molar-refractivity contribution in [1.29, 1.82) is 0 Å². The van der Waals surface area contributed by atoms with E-state index in [0.29, 0.717) is 24.8 Å². The van der Waals surface area contributed by atoms with Gasteiger partial charge in [0.2, 0.25) is 5.91 Å². The largest absolute Gasteiger partial charge is 0.330 e. The van der Waals surface area contributed by atoms with Gasteiger partial charge in [-0.2, -0.15) is 0 Å². The molecule has 1 fully saturated rings. The molecule has 2 N–H and O–H groups in total. The fraction of sp³-hybridized carbons (Fsp3) is 0.909. The maximum Gasteiger partial charge on any atom is 0.238 e. The molecule has 4 heteroatoms. The highest BCUT2D eigenvalue weighted by atomic mass is 16.2. The Morgan fingerprint density at radius 3 is 2.53 bits per heavy atom. The molecule has 1 aliphatic heterocycles. The molecule has 1 unspecified atom stereocenters. The fourth-order valence-corrected chi connectivity index (χ4v) is 1.82. The molecular weight excluding hydrogens is 190 g/mol. The Hall–Kier alpha value is -0.610. The molecule has 0 saturated carbocycles. The summed E-state index contributed by atoms with van der Waals surface area (Å²) in [6, 6.07) is 0. The lowest BCUT2D eigenvalue weighted by molar-refractivity contribution is -0.139. The highest BCUT2D eigenvalue weighted by molar-refractivity contribution is 5.77. The second-order valence-electron chi connectivity index (χ2n) is 4.87. The van der Waals surface area contributed by atoms with E-state index < -0.39 is 0 Å². The van der Waals surface area contributed by atoms with E-state index in [9.17, 15) is 4.79 Å². The number of amides is 1. The van der Waals surface area contributed by atoms with E-state index in [0.717, 1.165) is 19.6 Å². The Morgan fingerprint density at radius 2 is 2.00 bits per heavy atom. The number of hydrogen-bond acceptors (Lipinski definition) is 3. The third-order valence-corrected chi connectivity index (χ3v) is 2.68. The second-order valence-corrected chi connectivity index (χ2v) is 4.87. The Kier molecular flexibility index (Phi) is 4.54. The van der Waals surface area contributed by atoms with Gasteiger partial charge in [-0.15, -0.1) is 0 Å². The standard InChI is InChI=1S/C11H23N3O/c1-9(2)7-14-11(15)4-5-13(14)8-10(3)6-12/h9-10H,4-8,12H2,1-3H3. The van der Waals surface area contributed by atoms with E-state index in [1.807, 2.05) is 5.01 Å². The van der Waals surface area contributed by atoms with Crippen molar-refractivity contribution in [2.24, 2.45) is 17.6 Å². The maximum atomic E-state index is 11.6. The molecule has 4 nitrogen and oxygen atoms in total. The number of carbonyl (C=O) groups excluding carboxylic acids is 1. The van der Waals surface area contributed by atoms with Crippen LogP contribution in [0.2, 0.25) is 0 Å². The molecule has 0 aromatic carbocycles. The lowest BCUT2D eigenvalue weighted by atomic mass is 10.2. The minimum Gasteiger partial charge on any atom is -0.330 e. The summed E-state index contributed by atoms with van der Waals surface area (Å²) in [5, 5.41) is 4.05. The minimum atomic E-state index is 0.257. The number of nitrogens with zero attached hydrogens (tertiary/aromatic N) is 2. The molecule has 88 valence electrons. The summed E-state index contributed by atoms with van der Waals surface area (Å²) in [4.78, 5) is 11.6. The predicted octanol–water partition coefficient (Wildman–Crippen LogP) is 0.686. The van der Waals surface area contributed by atoms with Crippen LogP contribution in [0.15, 0.2) is 0 Å². The molecule has 1 atom stereocenters. The van der Waals surface area contributed by atoms with Crippen molar-refractivity contribution >= 4 is 5.91 Å².